The quantitative estimate of drug-likeness (QED) is 0.776. The predicted molar refractivity (Wildman–Crippen MR) is 81.9 cm³/mol. The summed E-state index contributed by atoms with van der Waals surface area (Å²) in [5, 5.41) is 0.256. The molecule has 2 aromatic carbocycles. The Morgan fingerprint density at radius 2 is 1.95 bits per heavy atom. The third kappa shape index (κ3) is 3.24. The molecule has 0 N–H and O–H groups in total. The Hall–Kier alpha value is -1.87. The van der Waals surface area contributed by atoms with Crippen molar-refractivity contribution < 1.29 is 13.9 Å². The van der Waals surface area contributed by atoms with E-state index in [-0.39, 0.29) is 17.2 Å². The number of Topliss-reactive ketones (excluding diaryl/α,β-unsaturated/α-hetero) is 1. The minimum absolute atomic E-state index is 0.108. The Bertz CT molecular complexity index is 695. The van der Waals surface area contributed by atoms with Gasteiger partial charge in [0.15, 0.2) is 5.78 Å². The molecule has 2 aromatic rings. The summed E-state index contributed by atoms with van der Waals surface area (Å²) in [7, 11) is 1.55. The predicted octanol–water partition coefficient (Wildman–Crippen LogP) is 4.53. The van der Waals surface area contributed by atoms with Gasteiger partial charge in [-0.05, 0) is 48.7 Å². The first kappa shape index (κ1) is 15.5. The van der Waals surface area contributed by atoms with E-state index in [0.717, 1.165) is 11.1 Å². The molecule has 0 aliphatic carbocycles. The first-order valence-electron chi connectivity index (χ1n) is 6.55. The molecule has 0 spiro atoms. The second kappa shape index (κ2) is 6.27. The van der Waals surface area contributed by atoms with Gasteiger partial charge in [0, 0.05) is 11.4 Å². The standard InChI is InChI=1S/C17H16ClFO2/c1-10-4-7-14(17(21-3)11(10)2)16(20)8-12-5-6-13(19)9-15(12)18/h4-7,9H,8H2,1-3H3. The number of ether oxygens (including phenoxy) is 1. The summed E-state index contributed by atoms with van der Waals surface area (Å²) < 4.78 is 18.4. The minimum atomic E-state index is -0.417. The number of hydrogen-bond acceptors (Lipinski definition) is 2. The van der Waals surface area contributed by atoms with E-state index in [0.29, 0.717) is 16.9 Å². The van der Waals surface area contributed by atoms with Crippen LogP contribution in [0.3, 0.4) is 0 Å². The molecule has 0 bridgehead atoms. The molecule has 0 amide bonds. The molecule has 0 fully saturated rings. The molecule has 0 saturated heterocycles. The highest BCUT2D eigenvalue weighted by molar-refractivity contribution is 6.31. The van der Waals surface area contributed by atoms with E-state index in [1.807, 2.05) is 19.9 Å². The fraction of sp³-hybridized carbons (Fsp3) is 0.235. The number of benzene rings is 2. The van der Waals surface area contributed by atoms with Crippen molar-refractivity contribution in [1.29, 1.82) is 0 Å². The van der Waals surface area contributed by atoms with E-state index in [9.17, 15) is 9.18 Å². The van der Waals surface area contributed by atoms with Gasteiger partial charge in [0.25, 0.3) is 0 Å². The largest absolute Gasteiger partial charge is 0.496 e. The number of aryl methyl sites for hydroxylation is 1. The highest BCUT2D eigenvalue weighted by atomic mass is 35.5. The van der Waals surface area contributed by atoms with Crippen molar-refractivity contribution in [3.63, 3.8) is 0 Å². The molecule has 110 valence electrons. The van der Waals surface area contributed by atoms with Crippen LogP contribution in [0.1, 0.15) is 27.0 Å². The van der Waals surface area contributed by atoms with Crippen LogP contribution in [-0.4, -0.2) is 12.9 Å². The Kier molecular flexibility index (Phi) is 4.63. The summed E-state index contributed by atoms with van der Waals surface area (Å²) in [5.74, 6) is 0.0571. The van der Waals surface area contributed by atoms with Crippen LogP contribution in [0.2, 0.25) is 5.02 Å². The number of carbonyl (C=O) groups is 1. The van der Waals surface area contributed by atoms with Crippen LogP contribution < -0.4 is 4.74 Å². The molecule has 2 nitrogen and oxygen atoms in total. The van der Waals surface area contributed by atoms with Gasteiger partial charge >= 0.3 is 0 Å². The van der Waals surface area contributed by atoms with E-state index in [1.165, 1.54) is 18.2 Å². The number of ketones is 1. The normalized spacial score (nSPS) is 10.5. The molecule has 0 unspecified atom stereocenters. The third-order valence-corrected chi connectivity index (χ3v) is 3.90. The number of methoxy groups -OCH3 is 1. The fourth-order valence-electron chi connectivity index (χ4n) is 2.21. The van der Waals surface area contributed by atoms with Crippen LogP contribution >= 0.6 is 11.6 Å². The summed E-state index contributed by atoms with van der Waals surface area (Å²) in [6, 6.07) is 7.68. The van der Waals surface area contributed by atoms with Gasteiger partial charge in [-0.2, -0.15) is 0 Å². The highest BCUT2D eigenvalue weighted by Gasteiger charge is 2.17. The molecular weight excluding hydrogens is 291 g/mol. The average Bonchev–Trinajstić information content (AvgIpc) is 2.44. The zero-order valence-electron chi connectivity index (χ0n) is 12.2. The Labute approximate surface area is 128 Å². The lowest BCUT2D eigenvalue weighted by Crippen LogP contribution is -2.08. The van der Waals surface area contributed by atoms with E-state index in [4.69, 9.17) is 16.3 Å². The fourth-order valence-corrected chi connectivity index (χ4v) is 2.44. The summed E-state index contributed by atoms with van der Waals surface area (Å²) >= 11 is 5.97. The average molecular weight is 307 g/mol. The number of halogens is 2. The Morgan fingerprint density at radius 3 is 2.57 bits per heavy atom. The van der Waals surface area contributed by atoms with Crippen LogP contribution in [0.5, 0.6) is 5.75 Å². The van der Waals surface area contributed by atoms with Gasteiger partial charge in [0.1, 0.15) is 11.6 Å². The number of rotatable bonds is 4. The monoisotopic (exact) mass is 306 g/mol. The van der Waals surface area contributed by atoms with E-state index < -0.39 is 5.82 Å². The number of carbonyl (C=O) groups excluding carboxylic acids is 1. The Balaban J connectivity index is 2.35. The van der Waals surface area contributed by atoms with Crippen molar-refractivity contribution in [1.82, 2.24) is 0 Å². The maximum Gasteiger partial charge on any atom is 0.171 e. The first-order valence-corrected chi connectivity index (χ1v) is 6.93. The van der Waals surface area contributed by atoms with Gasteiger partial charge in [-0.25, -0.2) is 4.39 Å². The second-order valence-corrected chi connectivity index (χ2v) is 5.33. The molecule has 0 aliphatic heterocycles. The van der Waals surface area contributed by atoms with Crippen molar-refractivity contribution in [2.24, 2.45) is 0 Å². The van der Waals surface area contributed by atoms with Crippen molar-refractivity contribution in [2.45, 2.75) is 20.3 Å². The molecule has 4 heteroatoms. The maximum absolute atomic E-state index is 13.0. The van der Waals surface area contributed by atoms with Crippen molar-refractivity contribution in [3.8, 4) is 5.75 Å². The smallest absolute Gasteiger partial charge is 0.171 e. The minimum Gasteiger partial charge on any atom is -0.496 e. The Morgan fingerprint density at radius 1 is 1.24 bits per heavy atom. The van der Waals surface area contributed by atoms with Gasteiger partial charge in [0.2, 0.25) is 0 Å². The van der Waals surface area contributed by atoms with E-state index in [1.54, 1.807) is 13.2 Å². The molecule has 2 rings (SSSR count). The topological polar surface area (TPSA) is 26.3 Å². The van der Waals surface area contributed by atoms with Crippen molar-refractivity contribution in [3.05, 3.63) is 63.4 Å². The second-order valence-electron chi connectivity index (χ2n) is 4.92. The van der Waals surface area contributed by atoms with E-state index in [2.05, 4.69) is 0 Å². The van der Waals surface area contributed by atoms with Crippen LogP contribution in [0.25, 0.3) is 0 Å². The van der Waals surface area contributed by atoms with Gasteiger partial charge < -0.3 is 4.74 Å². The van der Waals surface area contributed by atoms with Crippen LogP contribution in [0.4, 0.5) is 4.39 Å². The summed E-state index contributed by atoms with van der Waals surface area (Å²) in [6.07, 6.45) is 0.109. The molecule has 0 atom stereocenters. The molecule has 0 aromatic heterocycles. The van der Waals surface area contributed by atoms with Gasteiger partial charge in [-0.15, -0.1) is 0 Å². The zero-order chi connectivity index (χ0) is 15.6. The van der Waals surface area contributed by atoms with Gasteiger partial charge in [0.05, 0.1) is 12.7 Å². The third-order valence-electron chi connectivity index (χ3n) is 3.55. The van der Waals surface area contributed by atoms with Crippen molar-refractivity contribution in [2.75, 3.05) is 7.11 Å². The van der Waals surface area contributed by atoms with Crippen molar-refractivity contribution >= 4 is 17.4 Å². The highest BCUT2D eigenvalue weighted by Crippen LogP contribution is 2.28. The lowest BCUT2D eigenvalue weighted by molar-refractivity contribution is 0.0990. The molecule has 0 heterocycles. The molecule has 21 heavy (non-hydrogen) atoms. The van der Waals surface area contributed by atoms with Crippen LogP contribution in [0.15, 0.2) is 30.3 Å². The number of hydrogen-bond donors (Lipinski definition) is 0. The van der Waals surface area contributed by atoms with Gasteiger partial charge in [-0.3, -0.25) is 4.79 Å². The molecule has 0 saturated carbocycles. The maximum atomic E-state index is 13.0. The van der Waals surface area contributed by atoms with E-state index >= 15 is 0 Å². The lowest BCUT2D eigenvalue weighted by Gasteiger charge is -2.13. The molecule has 0 aliphatic rings. The summed E-state index contributed by atoms with van der Waals surface area (Å²) in [5.41, 5.74) is 3.11. The SMILES string of the molecule is COc1c(C(=O)Cc2ccc(F)cc2Cl)ccc(C)c1C. The van der Waals surface area contributed by atoms with Gasteiger partial charge in [-0.1, -0.05) is 23.7 Å². The summed E-state index contributed by atoms with van der Waals surface area (Å²) in [4.78, 5) is 12.5. The lowest BCUT2D eigenvalue weighted by atomic mass is 9.98. The molecule has 0 radical (unpaired) electrons. The van der Waals surface area contributed by atoms with Crippen LogP contribution in [0, 0.1) is 19.7 Å². The molecular formula is C17H16ClFO2. The first-order chi connectivity index (χ1) is 9.93. The zero-order valence-corrected chi connectivity index (χ0v) is 12.9. The summed E-state index contributed by atoms with van der Waals surface area (Å²) in [6.45, 7) is 3.87. The van der Waals surface area contributed by atoms with Crippen LogP contribution in [-0.2, 0) is 6.42 Å².